The summed E-state index contributed by atoms with van der Waals surface area (Å²) in [5, 5.41) is 6.07. The van der Waals surface area contributed by atoms with E-state index in [1.165, 1.54) is 5.69 Å². The Bertz CT molecular complexity index is 765. The molecule has 5 nitrogen and oxygen atoms in total. The third-order valence-corrected chi connectivity index (χ3v) is 4.74. The Balaban J connectivity index is 1.54. The van der Waals surface area contributed by atoms with Gasteiger partial charge in [-0.15, -0.1) is 0 Å². The number of aryl methyl sites for hydroxylation is 1. The number of carbonyl (C=O) groups excluding carboxylic acids is 1. The number of piperazine rings is 1. The summed E-state index contributed by atoms with van der Waals surface area (Å²) >= 11 is 5.25. The molecule has 1 heterocycles. The van der Waals surface area contributed by atoms with Crippen molar-refractivity contribution in [2.75, 3.05) is 43.4 Å². The van der Waals surface area contributed by atoms with E-state index < -0.39 is 0 Å². The number of amides is 1. The maximum Gasteiger partial charge on any atom is 0.257 e. The average Bonchev–Trinajstić information content (AvgIpc) is 2.63. The van der Waals surface area contributed by atoms with Gasteiger partial charge in [0.25, 0.3) is 5.91 Å². The highest BCUT2D eigenvalue weighted by Gasteiger charge is 2.14. The van der Waals surface area contributed by atoms with E-state index in [-0.39, 0.29) is 5.91 Å². The Kier molecular flexibility index (Phi) is 5.85. The first kappa shape index (κ1) is 18.4. The van der Waals surface area contributed by atoms with Crippen LogP contribution in [-0.2, 0) is 0 Å². The van der Waals surface area contributed by atoms with Gasteiger partial charge in [-0.2, -0.15) is 0 Å². The van der Waals surface area contributed by atoms with Crippen LogP contribution in [0.5, 0.6) is 0 Å². The quantitative estimate of drug-likeness (QED) is 0.816. The summed E-state index contributed by atoms with van der Waals surface area (Å²) in [4.78, 5) is 16.9. The molecular formula is C20H24N4OS. The molecule has 2 aromatic rings. The van der Waals surface area contributed by atoms with Gasteiger partial charge in [0.1, 0.15) is 0 Å². The lowest BCUT2D eigenvalue weighted by molar-refractivity contribution is 0.0977. The van der Waals surface area contributed by atoms with Crippen LogP contribution in [-0.4, -0.2) is 49.1 Å². The predicted molar refractivity (Wildman–Crippen MR) is 111 cm³/mol. The lowest BCUT2D eigenvalue weighted by Gasteiger charge is -2.34. The minimum atomic E-state index is -0.212. The highest BCUT2D eigenvalue weighted by Crippen LogP contribution is 2.19. The maximum absolute atomic E-state index is 12.2. The summed E-state index contributed by atoms with van der Waals surface area (Å²) < 4.78 is 0. The van der Waals surface area contributed by atoms with E-state index in [4.69, 9.17) is 12.2 Å². The lowest BCUT2D eigenvalue weighted by atomic mass is 10.1. The summed E-state index contributed by atoms with van der Waals surface area (Å²) in [6.07, 6.45) is 0. The van der Waals surface area contributed by atoms with E-state index in [1.54, 1.807) is 12.1 Å². The van der Waals surface area contributed by atoms with Gasteiger partial charge in [-0.05, 0) is 62.6 Å². The highest BCUT2D eigenvalue weighted by molar-refractivity contribution is 7.80. The zero-order valence-corrected chi connectivity index (χ0v) is 16.0. The number of anilines is 2. The molecule has 0 bridgehead atoms. The van der Waals surface area contributed by atoms with Crippen molar-refractivity contribution in [1.82, 2.24) is 10.2 Å². The van der Waals surface area contributed by atoms with Crippen molar-refractivity contribution in [1.29, 1.82) is 0 Å². The molecule has 0 saturated carbocycles. The molecule has 3 rings (SSSR count). The van der Waals surface area contributed by atoms with Crippen molar-refractivity contribution >= 4 is 34.6 Å². The fourth-order valence-electron chi connectivity index (χ4n) is 2.86. The minimum absolute atomic E-state index is 0.212. The Labute approximate surface area is 160 Å². The second-order valence-electron chi connectivity index (χ2n) is 6.61. The first-order valence-electron chi connectivity index (χ1n) is 8.74. The number of nitrogens with zero attached hydrogens (tertiary/aromatic N) is 2. The molecule has 1 saturated heterocycles. The second-order valence-corrected chi connectivity index (χ2v) is 7.02. The van der Waals surface area contributed by atoms with Crippen molar-refractivity contribution in [3.8, 4) is 0 Å². The summed E-state index contributed by atoms with van der Waals surface area (Å²) in [6.45, 7) is 6.21. The number of rotatable bonds is 3. The van der Waals surface area contributed by atoms with Crippen molar-refractivity contribution in [3.05, 3.63) is 59.7 Å². The molecule has 2 aromatic carbocycles. The Morgan fingerprint density at radius 3 is 2.19 bits per heavy atom. The number of carbonyl (C=O) groups is 1. The van der Waals surface area contributed by atoms with E-state index in [2.05, 4.69) is 39.6 Å². The number of benzene rings is 2. The van der Waals surface area contributed by atoms with E-state index >= 15 is 0 Å². The van der Waals surface area contributed by atoms with E-state index in [0.29, 0.717) is 10.7 Å². The molecule has 1 aliphatic rings. The number of likely N-dealkylation sites (N-methyl/N-ethyl adjacent to an activating group) is 1. The van der Waals surface area contributed by atoms with Crippen LogP contribution in [0.3, 0.4) is 0 Å². The largest absolute Gasteiger partial charge is 0.369 e. The van der Waals surface area contributed by atoms with Crippen LogP contribution in [0, 0.1) is 6.92 Å². The summed E-state index contributed by atoms with van der Waals surface area (Å²) in [7, 11) is 2.15. The molecule has 136 valence electrons. The summed E-state index contributed by atoms with van der Waals surface area (Å²) in [5.41, 5.74) is 3.77. The van der Waals surface area contributed by atoms with Crippen LogP contribution >= 0.6 is 12.2 Å². The molecule has 26 heavy (non-hydrogen) atoms. The third kappa shape index (κ3) is 4.80. The molecular weight excluding hydrogens is 344 g/mol. The average molecular weight is 369 g/mol. The van der Waals surface area contributed by atoms with Gasteiger partial charge in [0.15, 0.2) is 5.11 Å². The van der Waals surface area contributed by atoms with Crippen LogP contribution in [0.1, 0.15) is 15.9 Å². The SMILES string of the molecule is Cc1ccc(C(=O)NC(=S)Nc2ccc(N3CCN(C)CC3)cc2)cc1. The standard InChI is InChI=1S/C20H24N4OS/c1-15-3-5-16(6-4-15)19(25)22-20(26)21-17-7-9-18(10-8-17)24-13-11-23(2)12-14-24/h3-10H,11-14H2,1-2H3,(H2,21,22,25,26). The van der Waals surface area contributed by atoms with Crippen LogP contribution in [0.2, 0.25) is 0 Å². The Hall–Kier alpha value is -2.44. The van der Waals surface area contributed by atoms with Gasteiger partial charge in [0.2, 0.25) is 0 Å². The second kappa shape index (κ2) is 8.29. The summed E-state index contributed by atoms with van der Waals surface area (Å²) in [6, 6.07) is 15.5. The predicted octanol–water partition coefficient (Wildman–Crippen LogP) is 2.87. The third-order valence-electron chi connectivity index (χ3n) is 4.53. The Morgan fingerprint density at radius 1 is 0.962 bits per heavy atom. The topological polar surface area (TPSA) is 47.6 Å². The normalized spacial score (nSPS) is 14.8. The van der Waals surface area contributed by atoms with Gasteiger partial charge in [-0.3, -0.25) is 10.1 Å². The molecule has 0 aliphatic carbocycles. The van der Waals surface area contributed by atoms with Crippen molar-refractivity contribution in [2.45, 2.75) is 6.92 Å². The number of hydrogen-bond acceptors (Lipinski definition) is 4. The van der Waals surface area contributed by atoms with Gasteiger partial charge in [-0.1, -0.05) is 17.7 Å². The summed E-state index contributed by atoms with van der Waals surface area (Å²) in [5.74, 6) is -0.212. The number of nitrogens with one attached hydrogen (secondary N) is 2. The maximum atomic E-state index is 12.2. The van der Waals surface area contributed by atoms with Gasteiger partial charge >= 0.3 is 0 Å². The lowest BCUT2D eigenvalue weighted by Crippen LogP contribution is -2.44. The fourth-order valence-corrected chi connectivity index (χ4v) is 3.07. The molecule has 1 aliphatic heterocycles. The first-order valence-corrected chi connectivity index (χ1v) is 9.14. The molecule has 1 amide bonds. The zero-order chi connectivity index (χ0) is 18.5. The molecule has 0 spiro atoms. The monoisotopic (exact) mass is 368 g/mol. The molecule has 0 aromatic heterocycles. The van der Waals surface area contributed by atoms with Crippen LogP contribution < -0.4 is 15.5 Å². The Morgan fingerprint density at radius 2 is 1.58 bits per heavy atom. The van der Waals surface area contributed by atoms with E-state index in [1.807, 2.05) is 31.2 Å². The smallest absolute Gasteiger partial charge is 0.257 e. The molecule has 1 fully saturated rings. The van der Waals surface area contributed by atoms with Crippen molar-refractivity contribution < 1.29 is 4.79 Å². The van der Waals surface area contributed by atoms with Crippen molar-refractivity contribution in [3.63, 3.8) is 0 Å². The van der Waals surface area contributed by atoms with E-state index in [9.17, 15) is 4.79 Å². The van der Waals surface area contributed by atoms with Gasteiger partial charge < -0.3 is 15.1 Å². The number of thiocarbonyl (C=S) groups is 1. The molecule has 0 unspecified atom stereocenters. The van der Waals surface area contributed by atoms with Gasteiger partial charge in [0.05, 0.1) is 0 Å². The van der Waals surface area contributed by atoms with E-state index in [0.717, 1.165) is 37.4 Å². The van der Waals surface area contributed by atoms with Crippen LogP contribution in [0.4, 0.5) is 11.4 Å². The van der Waals surface area contributed by atoms with Crippen molar-refractivity contribution in [2.24, 2.45) is 0 Å². The molecule has 2 N–H and O–H groups in total. The first-order chi connectivity index (χ1) is 12.5. The number of hydrogen-bond donors (Lipinski definition) is 2. The molecule has 0 radical (unpaired) electrons. The molecule has 0 atom stereocenters. The molecule has 6 heteroatoms. The van der Waals surface area contributed by atoms with Crippen LogP contribution in [0.15, 0.2) is 48.5 Å². The fraction of sp³-hybridized carbons (Fsp3) is 0.300. The van der Waals surface area contributed by atoms with Crippen LogP contribution in [0.25, 0.3) is 0 Å². The minimum Gasteiger partial charge on any atom is -0.369 e. The zero-order valence-electron chi connectivity index (χ0n) is 15.2. The highest BCUT2D eigenvalue weighted by atomic mass is 32.1. The van der Waals surface area contributed by atoms with Gasteiger partial charge in [-0.25, -0.2) is 0 Å². The van der Waals surface area contributed by atoms with Gasteiger partial charge in [0, 0.05) is 43.1 Å².